The van der Waals surface area contributed by atoms with Crippen molar-refractivity contribution < 1.29 is 0 Å². The van der Waals surface area contributed by atoms with Crippen molar-refractivity contribution in [1.82, 2.24) is 0 Å². The molecule has 0 saturated heterocycles. The van der Waals surface area contributed by atoms with Gasteiger partial charge in [-0.2, -0.15) is 0 Å². The molecule has 0 nitrogen and oxygen atoms in total. The van der Waals surface area contributed by atoms with Crippen LogP contribution in [0, 0.1) is 0 Å². The van der Waals surface area contributed by atoms with Crippen molar-refractivity contribution in [3.63, 3.8) is 0 Å². The standard InChI is InChI=1S/C19H18P2/c20-13-14-4-6-15(7-5-14)17-2-1-3-18(12-17)16-8-10-19(21)11-9-16/h1-12H,13,20-21H2. The third-order valence-corrected chi connectivity index (χ3v) is 4.49. The minimum absolute atomic E-state index is 1.00. The Labute approximate surface area is 131 Å². The van der Waals surface area contributed by atoms with Crippen LogP contribution in [0.1, 0.15) is 5.56 Å². The third-order valence-electron chi connectivity index (χ3n) is 3.63. The zero-order chi connectivity index (χ0) is 14.7. The van der Waals surface area contributed by atoms with Crippen LogP contribution in [0.25, 0.3) is 22.3 Å². The molecule has 0 saturated carbocycles. The summed E-state index contributed by atoms with van der Waals surface area (Å²) >= 11 is 0. The highest BCUT2D eigenvalue weighted by Gasteiger charge is 2.02. The third kappa shape index (κ3) is 3.41. The molecule has 21 heavy (non-hydrogen) atoms. The Morgan fingerprint density at radius 3 is 1.67 bits per heavy atom. The smallest absolute Gasteiger partial charge is 0.0128 e. The Morgan fingerprint density at radius 2 is 1.14 bits per heavy atom. The van der Waals surface area contributed by atoms with Crippen molar-refractivity contribution in [2.75, 3.05) is 0 Å². The molecule has 0 amide bonds. The Balaban J connectivity index is 1.97. The van der Waals surface area contributed by atoms with Gasteiger partial charge in [-0.1, -0.05) is 66.7 Å². The molecule has 2 atom stereocenters. The van der Waals surface area contributed by atoms with Gasteiger partial charge in [0.05, 0.1) is 0 Å². The van der Waals surface area contributed by atoms with Crippen LogP contribution in [0.3, 0.4) is 0 Å². The van der Waals surface area contributed by atoms with Crippen LogP contribution in [-0.4, -0.2) is 0 Å². The lowest BCUT2D eigenvalue weighted by atomic mass is 9.98. The van der Waals surface area contributed by atoms with Gasteiger partial charge in [0.2, 0.25) is 0 Å². The molecule has 0 N–H and O–H groups in total. The number of rotatable bonds is 3. The van der Waals surface area contributed by atoms with Crippen LogP contribution < -0.4 is 5.30 Å². The maximum Gasteiger partial charge on any atom is -0.0128 e. The van der Waals surface area contributed by atoms with E-state index < -0.39 is 0 Å². The summed E-state index contributed by atoms with van der Waals surface area (Å²) in [5.41, 5.74) is 6.38. The molecule has 0 aliphatic rings. The van der Waals surface area contributed by atoms with Gasteiger partial charge in [0.15, 0.2) is 0 Å². The van der Waals surface area contributed by atoms with Gasteiger partial charge in [-0.3, -0.25) is 0 Å². The topological polar surface area (TPSA) is 0 Å². The summed E-state index contributed by atoms with van der Waals surface area (Å²) < 4.78 is 0. The molecule has 104 valence electrons. The van der Waals surface area contributed by atoms with E-state index >= 15 is 0 Å². The minimum Gasteiger partial charge on any atom is -0.133 e. The molecule has 0 spiro atoms. The number of hydrogen-bond donors (Lipinski definition) is 0. The summed E-state index contributed by atoms with van der Waals surface area (Å²) in [6.07, 6.45) is 1.00. The normalized spacial score (nSPS) is 10.6. The lowest BCUT2D eigenvalue weighted by Crippen LogP contribution is -1.88. The van der Waals surface area contributed by atoms with E-state index in [9.17, 15) is 0 Å². The Kier molecular flexibility index (Phi) is 4.49. The fraction of sp³-hybridized carbons (Fsp3) is 0.0526. The van der Waals surface area contributed by atoms with Gasteiger partial charge >= 0.3 is 0 Å². The SMILES string of the molecule is PCc1ccc(-c2cccc(-c3ccc(P)cc3)c2)cc1. The molecule has 0 bridgehead atoms. The van der Waals surface area contributed by atoms with E-state index in [4.69, 9.17) is 0 Å². The second kappa shape index (κ2) is 6.52. The highest BCUT2D eigenvalue weighted by Crippen LogP contribution is 2.26. The van der Waals surface area contributed by atoms with E-state index in [1.807, 2.05) is 0 Å². The van der Waals surface area contributed by atoms with Crippen LogP contribution in [0.5, 0.6) is 0 Å². The largest absolute Gasteiger partial charge is 0.133 e. The van der Waals surface area contributed by atoms with Crippen molar-refractivity contribution in [1.29, 1.82) is 0 Å². The quantitative estimate of drug-likeness (QED) is 0.604. The van der Waals surface area contributed by atoms with Crippen molar-refractivity contribution >= 4 is 23.8 Å². The first-order valence-electron chi connectivity index (χ1n) is 7.01. The summed E-state index contributed by atoms with van der Waals surface area (Å²) in [7, 11) is 5.49. The van der Waals surface area contributed by atoms with E-state index in [1.165, 1.54) is 33.1 Å². The number of hydrogen-bond acceptors (Lipinski definition) is 0. The highest BCUT2D eigenvalue weighted by molar-refractivity contribution is 7.27. The molecule has 2 heteroatoms. The molecular weight excluding hydrogens is 290 g/mol. The van der Waals surface area contributed by atoms with Gasteiger partial charge < -0.3 is 0 Å². The van der Waals surface area contributed by atoms with Gasteiger partial charge in [-0.05, 0) is 45.4 Å². The first-order valence-corrected chi connectivity index (χ1v) is 8.41. The molecule has 0 radical (unpaired) electrons. The highest BCUT2D eigenvalue weighted by atomic mass is 31.0. The Morgan fingerprint density at radius 1 is 0.619 bits per heavy atom. The van der Waals surface area contributed by atoms with Gasteiger partial charge in [-0.15, -0.1) is 18.5 Å². The van der Waals surface area contributed by atoms with E-state index in [0.29, 0.717) is 0 Å². The van der Waals surface area contributed by atoms with Gasteiger partial charge in [0.1, 0.15) is 0 Å². The predicted octanol–water partition coefficient (Wildman–Crippen LogP) is 4.90. The van der Waals surface area contributed by atoms with Crippen molar-refractivity contribution in [3.05, 3.63) is 78.4 Å². The number of benzene rings is 3. The second-order valence-corrected chi connectivity index (χ2v) is 6.18. The fourth-order valence-corrected chi connectivity index (χ4v) is 2.85. The van der Waals surface area contributed by atoms with Gasteiger partial charge in [0, 0.05) is 0 Å². The maximum atomic E-state index is 2.76. The molecule has 3 aromatic rings. The zero-order valence-electron chi connectivity index (χ0n) is 11.8. The minimum atomic E-state index is 1.00. The molecule has 0 heterocycles. The average Bonchev–Trinajstić information content (AvgIpc) is 2.56. The zero-order valence-corrected chi connectivity index (χ0v) is 14.1. The Bertz CT molecular complexity index is 728. The predicted molar refractivity (Wildman–Crippen MR) is 100 cm³/mol. The van der Waals surface area contributed by atoms with Gasteiger partial charge in [0.25, 0.3) is 0 Å². The average molecular weight is 308 g/mol. The summed E-state index contributed by atoms with van der Waals surface area (Å²) in [4.78, 5) is 0. The van der Waals surface area contributed by atoms with Crippen LogP contribution in [-0.2, 0) is 6.16 Å². The van der Waals surface area contributed by atoms with Crippen molar-refractivity contribution in [3.8, 4) is 22.3 Å². The van der Waals surface area contributed by atoms with Crippen LogP contribution in [0.15, 0.2) is 72.8 Å². The summed E-state index contributed by atoms with van der Waals surface area (Å²) in [5.74, 6) is 0. The summed E-state index contributed by atoms with van der Waals surface area (Å²) in [6.45, 7) is 0. The molecule has 0 aliphatic heterocycles. The molecule has 3 rings (SSSR count). The van der Waals surface area contributed by atoms with Crippen LogP contribution >= 0.6 is 18.5 Å². The molecule has 0 aliphatic carbocycles. The van der Waals surface area contributed by atoms with E-state index in [-0.39, 0.29) is 0 Å². The lowest BCUT2D eigenvalue weighted by molar-refractivity contribution is 1.42. The maximum absolute atomic E-state index is 2.76. The monoisotopic (exact) mass is 308 g/mol. The van der Waals surface area contributed by atoms with Crippen molar-refractivity contribution in [2.45, 2.75) is 6.16 Å². The molecule has 3 aromatic carbocycles. The van der Waals surface area contributed by atoms with Crippen LogP contribution in [0.2, 0.25) is 0 Å². The first kappa shape index (κ1) is 14.5. The summed E-state index contributed by atoms with van der Waals surface area (Å²) in [6, 6.07) is 26.1. The van der Waals surface area contributed by atoms with Gasteiger partial charge in [-0.25, -0.2) is 0 Å². The van der Waals surface area contributed by atoms with Crippen LogP contribution in [0.4, 0.5) is 0 Å². The van der Waals surface area contributed by atoms with E-state index in [2.05, 4.69) is 91.3 Å². The molecule has 0 aromatic heterocycles. The lowest BCUT2D eigenvalue weighted by Gasteiger charge is -2.07. The molecule has 2 unspecified atom stereocenters. The summed E-state index contributed by atoms with van der Waals surface area (Å²) in [5, 5.41) is 1.21. The molecular formula is C19H18P2. The first-order chi connectivity index (χ1) is 10.3. The van der Waals surface area contributed by atoms with E-state index in [0.717, 1.165) is 6.16 Å². The fourth-order valence-electron chi connectivity index (χ4n) is 2.39. The second-order valence-electron chi connectivity index (χ2n) is 5.10. The van der Waals surface area contributed by atoms with E-state index in [1.54, 1.807) is 0 Å². The van der Waals surface area contributed by atoms with Crippen molar-refractivity contribution in [2.24, 2.45) is 0 Å². The molecule has 0 fully saturated rings. The Hall–Kier alpha value is -1.48.